The molecule has 0 aromatic heterocycles. The highest BCUT2D eigenvalue weighted by Crippen LogP contribution is 2.23. The number of amides is 2. The van der Waals surface area contributed by atoms with Gasteiger partial charge in [0.2, 0.25) is 0 Å². The number of benzene rings is 1. The number of aliphatic hydroxyl groups excluding tert-OH is 1. The molecule has 1 rings (SSSR count). The van der Waals surface area contributed by atoms with Crippen molar-refractivity contribution in [2.24, 2.45) is 5.92 Å². The van der Waals surface area contributed by atoms with Crippen LogP contribution in [0.2, 0.25) is 0 Å². The lowest BCUT2D eigenvalue weighted by molar-refractivity contribution is 0.243. The number of rotatable bonds is 5. The number of carbonyl (C=O) groups is 1. The highest BCUT2D eigenvalue weighted by atomic mass is 79.9. The summed E-state index contributed by atoms with van der Waals surface area (Å²) in [6, 6.07) is 5.54. The van der Waals surface area contributed by atoms with Gasteiger partial charge in [0.1, 0.15) is 0 Å². The average molecular weight is 315 g/mol. The molecule has 0 aliphatic heterocycles. The highest BCUT2D eigenvalue weighted by molar-refractivity contribution is 9.10. The van der Waals surface area contributed by atoms with Gasteiger partial charge in [0.05, 0.1) is 5.69 Å². The van der Waals surface area contributed by atoms with E-state index in [1.54, 1.807) is 0 Å². The summed E-state index contributed by atoms with van der Waals surface area (Å²) in [4.78, 5) is 11.7. The Kier molecular flexibility index (Phi) is 6.15. The van der Waals surface area contributed by atoms with Crippen molar-refractivity contribution in [3.63, 3.8) is 0 Å². The van der Waals surface area contributed by atoms with Crippen LogP contribution in [0, 0.1) is 12.8 Å². The van der Waals surface area contributed by atoms with Gasteiger partial charge in [-0.3, -0.25) is 0 Å². The average Bonchev–Trinajstić information content (AvgIpc) is 2.32. The number of urea groups is 1. The highest BCUT2D eigenvalue weighted by Gasteiger charge is 2.07. The van der Waals surface area contributed by atoms with E-state index < -0.39 is 0 Å². The molecule has 0 saturated carbocycles. The van der Waals surface area contributed by atoms with Crippen molar-refractivity contribution < 1.29 is 9.90 Å². The maximum Gasteiger partial charge on any atom is 0.319 e. The first-order valence-electron chi connectivity index (χ1n) is 5.94. The first kappa shape index (κ1) is 15.0. The molecule has 0 saturated heterocycles. The summed E-state index contributed by atoms with van der Waals surface area (Å²) in [7, 11) is 0. The van der Waals surface area contributed by atoms with Gasteiger partial charge < -0.3 is 15.7 Å². The van der Waals surface area contributed by atoms with Crippen molar-refractivity contribution in [3.8, 4) is 0 Å². The first-order valence-corrected chi connectivity index (χ1v) is 6.74. The second kappa shape index (κ2) is 7.38. The molecular formula is C13H19BrN2O2. The summed E-state index contributed by atoms with van der Waals surface area (Å²) in [5.41, 5.74) is 1.84. The zero-order valence-electron chi connectivity index (χ0n) is 10.7. The Morgan fingerprint density at radius 2 is 2.22 bits per heavy atom. The number of hydrogen-bond acceptors (Lipinski definition) is 2. The fourth-order valence-corrected chi connectivity index (χ4v) is 1.84. The van der Waals surface area contributed by atoms with Gasteiger partial charge in [-0.1, -0.05) is 13.0 Å². The normalized spacial score (nSPS) is 12.0. The molecule has 2 amide bonds. The lowest BCUT2D eigenvalue weighted by Gasteiger charge is -2.13. The van der Waals surface area contributed by atoms with Gasteiger partial charge in [-0.25, -0.2) is 4.79 Å². The van der Waals surface area contributed by atoms with Crippen molar-refractivity contribution in [1.29, 1.82) is 0 Å². The Morgan fingerprint density at radius 3 is 2.89 bits per heavy atom. The van der Waals surface area contributed by atoms with Gasteiger partial charge in [-0.2, -0.15) is 0 Å². The molecule has 0 heterocycles. The van der Waals surface area contributed by atoms with Gasteiger partial charge in [-0.15, -0.1) is 0 Å². The van der Waals surface area contributed by atoms with Gasteiger partial charge in [-0.05, 0) is 52.9 Å². The molecule has 3 N–H and O–H groups in total. The van der Waals surface area contributed by atoms with Crippen LogP contribution in [-0.4, -0.2) is 24.3 Å². The number of hydrogen-bond donors (Lipinski definition) is 3. The van der Waals surface area contributed by atoms with Crippen LogP contribution in [0.1, 0.15) is 18.9 Å². The van der Waals surface area contributed by atoms with Gasteiger partial charge in [0, 0.05) is 17.6 Å². The van der Waals surface area contributed by atoms with Crippen LogP contribution in [0.5, 0.6) is 0 Å². The molecule has 18 heavy (non-hydrogen) atoms. The summed E-state index contributed by atoms with van der Waals surface area (Å²) >= 11 is 3.39. The van der Waals surface area contributed by atoms with Crippen LogP contribution < -0.4 is 10.6 Å². The Labute approximate surface area is 116 Å². The molecule has 5 heteroatoms. The number of anilines is 1. The molecule has 0 fully saturated rings. The first-order chi connectivity index (χ1) is 8.52. The SMILES string of the molecule is Cc1ccc(Br)c(NC(=O)NCC(C)CCO)c1. The summed E-state index contributed by atoms with van der Waals surface area (Å²) in [6.07, 6.45) is 0.689. The van der Waals surface area contributed by atoms with Crippen molar-refractivity contribution in [2.75, 3.05) is 18.5 Å². The van der Waals surface area contributed by atoms with Gasteiger partial charge in [0.25, 0.3) is 0 Å². The Morgan fingerprint density at radius 1 is 1.50 bits per heavy atom. The van der Waals surface area contributed by atoms with Crippen LogP contribution in [0.4, 0.5) is 10.5 Å². The van der Waals surface area contributed by atoms with E-state index in [4.69, 9.17) is 5.11 Å². The fraction of sp³-hybridized carbons (Fsp3) is 0.462. The Balaban J connectivity index is 2.47. The molecule has 100 valence electrons. The third-order valence-corrected chi connectivity index (χ3v) is 3.29. The van der Waals surface area contributed by atoms with Crippen LogP contribution in [0.3, 0.4) is 0 Å². The minimum Gasteiger partial charge on any atom is -0.396 e. The minimum absolute atomic E-state index is 0.147. The predicted octanol–water partition coefficient (Wildman–Crippen LogP) is 2.90. The largest absolute Gasteiger partial charge is 0.396 e. The smallest absolute Gasteiger partial charge is 0.319 e. The Bertz CT molecular complexity index is 410. The summed E-state index contributed by atoms with van der Waals surface area (Å²) in [5, 5.41) is 14.3. The van der Waals surface area contributed by atoms with Crippen LogP contribution in [0.15, 0.2) is 22.7 Å². The second-order valence-electron chi connectivity index (χ2n) is 4.44. The zero-order valence-corrected chi connectivity index (χ0v) is 12.3. The fourth-order valence-electron chi connectivity index (χ4n) is 1.49. The molecule has 0 aliphatic rings. The lowest BCUT2D eigenvalue weighted by Crippen LogP contribution is -2.32. The van der Waals surface area contributed by atoms with E-state index in [9.17, 15) is 4.79 Å². The number of aliphatic hydroxyl groups is 1. The standard InChI is InChI=1S/C13H19BrN2O2/c1-9-3-4-11(14)12(7-9)16-13(18)15-8-10(2)5-6-17/h3-4,7,10,17H,5-6,8H2,1-2H3,(H2,15,16,18). The molecule has 1 atom stereocenters. The molecule has 0 bridgehead atoms. The summed E-state index contributed by atoms with van der Waals surface area (Å²) in [5.74, 6) is 0.265. The maximum absolute atomic E-state index is 11.7. The quantitative estimate of drug-likeness (QED) is 0.782. The van der Waals surface area contributed by atoms with E-state index in [0.717, 1.165) is 15.7 Å². The van der Waals surface area contributed by atoms with Gasteiger partial charge >= 0.3 is 6.03 Å². The Hall–Kier alpha value is -1.07. The monoisotopic (exact) mass is 314 g/mol. The van der Waals surface area contributed by atoms with Crippen molar-refractivity contribution in [3.05, 3.63) is 28.2 Å². The van der Waals surface area contributed by atoms with Crippen molar-refractivity contribution >= 4 is 27.6 Å². The van der Waals surface area contributed by atoms with E-state index in [-0.39, 0.29) is 18.6 Å². The minimum atomic E-state index is -0.230. The number of halogens is 1. The molecule has 1 aromatic rings. The molecule has 1 aromatic carbocycles. The van der Waals surface area contributed by atoms with Crippen LogP contribution in [-0.2, 0) is 0 Å². The van der Waals surface area contributed by atoms with E-state index in [1.807, 2.05) is 32.0 Å². The second-order valence-corrected chi connectivity index (χ2v) is 5.29. The number of carbonyl (C=O) groups excluding carboxylic acids is 1. The summed E-state index contributed by atoms with van der Waals surface area (Å²) in [6.45, 7) is 4.65. The van der Waals surface area contributed by atoms with E-state index in [1.165, 1.54) is 0 Å². The third-order valence-electron chi connectivity index (χ3n) is 2.60. The lowest BCUT2D eigenvalue weighted by atomic mass is 10.1. The zero-order chi connectivity index (χ0) is 13.5. The molecule has 0 radical (unpaired) electrons. The summed E-state index contributed by atoms with van der Waals surface area (Å²) < 4.78 is 0.853. The molecule has 0 spiro atoms. The predicted molar refractivity (Wildman–Crippen MR) is 76.8 cm³/mol. The number of aryl methyl sites for hydroxylation is 1. The molecule has 4 nitrogen and oxygen atoms in total. The third kappa shape index (κ3) is 5.06. The number of nitrogens with one attached hydrogen (secondary N) is 2. The maximum atomic E-state index is 11.7. The van der Waals surface area contributed by atoms with Crippen LogP contribution in [0.25, 0.3) is 0 Å². The van der Waals surface area contributed by atoms with Gasteiger partial charge in [0.15, 0.2) is 0 Å². The molecule has 0 aliphatic carbocycles. The van der Waals surface area contributed by atoms with E-state index >= 15 is 0 Å². The topological polar surface area (TPSA) is 61.4 Å². The van der Waals surface area contributed by atoms with Crippen molar-refractivity contribution in [1.82, 2.24) is 5.32 Å². The molecular weight excluding hydrogens is 296 g/mol. The van der Waals surface area contributed by atoms with Crippen LogP contribution >= 0.6 is 15.9 Å². The van der Waals surface area contributed by atoms with E-state index in [0.29, 0.717) is 13.0 Å². The van der Waals surface area contributed by atoms with Crippen molar-refractivity contribution in [2.45, 2.75) is 20.3 Å². The molecule has 1 unspecified atom stereocenters. The van der Waals surface area contributed by atoms with E-state index in [2.05, 4.69) is 26.6 Å².